The van der Waals surface area contributed by atoms with Gasteiger partial charge in [-0.05, 0) is 149 Å². The Hall–Kier alpha value is 0.500. The highest BCUT2D eigenvalue weighted by Crippen LogP contribution is 2.52. The molecule has 5 nitrogen and oxygen atoms in total. The van der Waals surface area contributed by atoms with E-state index in [1.165, 1.54) is 43.3 Å². The summed E-state index contributed by atoms with van der Waals surface area (Å²) >= 11 is 7.55. The minimum absolute atomic E-state index is 0.0566. The van der Waals surface area contributed by atoms with Gasteiger partial charge in [0.15, 0.2) is -0.565 Å². The van der Waals surface area contributed by atoms with Crippen molar-refractivity contribution in [2.75, 3.05) is 13.7 Å². The first-order chi connectivity index (χ1) is 17.2. The van der Waals surface area contributed by atoms with E-state index < -0.39 is 0 Å². The van der Waals surface area contributed by atoms with E-state index in [9.17, 15) is 4.79 Å². The molecular formula is C28H39I3N4O. The lowest BCUT2D eigenvalue weighted by atomic mass is 9.67. The normalized spacial score (nSPS) is 31.3. The van der Waals surface area contributed by atoms with Crippen LogP contribution in [0.2, 0.25) is 0 Å². The van der Waals surface area contributed by atoms with Gasteiger partial charge in [-0.3, -0.25) is 14.6 Å². The van der Waals surface area contributed by atoms with Gasteiger partial charge in [0, 0.05) is 17.7 Å². The van der Waals surface area contributed by atoms with Gasteiger partial charge >= 0.3 is 0 Å². The summed E-state index contributed by atoms with van der Waals surface area (Å²) in [7, 11) is 2.22. The number of rotatable bonds is 8. The lowest BCUT2D eigenvalue weighted by Gasteiger charge is -2.42. The predicted molar refractivity (Wildman–Crippen MR) is 172 cm³/mol. The van der Waals surface area contributed by atoms with Gasteiger partial charge in [-0.1, -0.05) is 38.3 Å². The van der Waals surface area contributed by atoms with Crippen LogP contribution in [-0.4, -0.2) is 35.0 Å². The van der Waals surface area contributed by atoms with Gasteiger partial charge < -0.3 is 0 Å². The summed E-state index contributed by atoms with van der Waals surface area (Å²) in [5.41, 5.74) is 12.2. The van der Waals surface area contributed by atoms with Crippen LogP contribution >= 0.6 is 67.8 Å². The monoisotopic (exact) mass is 828 g/mol. The van der Waals surface area contributed by atoms with E-state index in [1.54, 1.807) is 5.57 Å². The van der Waals surface area contributed by atoms with E-state index in [0.717, 1.165) is 37.5 Å². The summed E-state index contributed by atoms with van der Waals surface area (Å²) in [6, 6.07) is 0. The fourth-order valence-corrected chi connectivity index (χ4v) is 7.86. The Balaban J connectivity index is 1.44. The van der Waals surface area contributed by atoms with Crippen LogP contribution in [0.1, 0.15) is 65.2 Å². The van der Waals surface area contributed by atoms with Crippen LogP contribution in [0.25, 0.3) is 0 Å². The van der Waals surface area contributed by atoms with E-state index in [0.29, 0.717) is 23.9 Å². The third-order valence-electron chi connectivity index (χ3n) is 8.98. The molecule has 3 heterocycles. The van der Waals surface area contributed by atoms with Crippen LogP contribution in [0.4, 0.5) is 0 Å². The molecule has 8 heteroatoms. The maximum Gasteiger partial charge on any atom is 0.238 e. The summed E-state index contributed by atoms with van der Waals surface area (Å²) < 4.78 is -0.0872. The van der Waals surface area contributed by atoms with Crippen molar-refractivity contribution < 1.29 is 4.79 Å². The van der Waals surface area contributed by atoms with Gasteiger partial charge in [0.1, 0.15) is 0 Å². The van der Waals surface area contributed by atoms with Crippen molar-refractivity contribution in [1.82, 2.24) is 20.7 Å². The molecular weight excluding hydrogens is 789 g/mol. The Morgan fingerprint density at radius 2 is 1.94 bits per heavy atom. The Morgan fingerprint density at radius 1 is 1.17 bits per heavy atom. The van der Waals surface area contributed by atoms with Crippen LogP contribution in [-0.2, 0) is 4.79 Å². The molecule has 1 amide bonds. The number of nitrogens with one attached hydrogen (secondary N) is 2. The smallest absolute Gasteiger partial charge is 0.238 e. The molecule has 2 N–H and O–H groups in total. The van der Waals surface area contributed by atoms with Gasteiger partial charge in [0.25, 0.3) is 0 Å². The number of nitrogens with zero attached hydrogens (tertiary/aromatic N) is 2. The Bertz CT molecular complexity index is 993. The van der Waals surface area contributed by atoms with Crippen molar-refractivity contribution >= 4 is 73.7 Å². The highest BCUT2D eigenvalue weighted by Gasteiger charge is 2.45. The first kappa shape index (κ1) is 28.0. The molecule has 0 radical (unpaired) electrons. The van der Waals surface area contributed by atoms with Gasteiger partial charge in [0.2, 0.25) is 5.91 Å². The van der Waals surface area contributed by atoms with Crippen molar-refractivity contribution in [3.05, 3.63) is 46.8 Å². The number of hydrazine groups is 1. The zero-order chi connectivity index (χ0) is 25.6. The molecule has 2 fully saturated rings. The Kier molecular flexibility index (Phi) is 8.99. The summed E-state index contributed by atoms with van der Waals surface area (Å²) in [6.45, 7) is 5.44. The van der Waals surface area contributed by atoms with Gasteiger partial charge in [0.05, 0.1) is 24.4 Å². The molecule has 0 bridgehead atoms. The molecule has 198 valence electrons. The standard InChI is InChI=1S/C28H39I3N4O/c1-4-17(2)11-18-12-23(28(29,30)31)24-14-22(27(36)35(24)15-18)20-9-6-10-21(13-20)25(19-7-5-8-19)26-33-32-16-34(26)3/h12-15,17,19-20,22,25-26,32-33H,4-11,16H2,1-3H3/t17?,20?,22?,25-,26?/m1/s1. The fourth-order valence-electron chi connectivity index (χ4n) is 6.56. The summed E-state index contributed by atoms with van der Waals surface area (Å²) in [5, 5.41) is 0. The maximum absolute atomic E-state index is 13.9. The summed E-state index contributed by atoms with van der Waals surface area (Å²) in [5.74, 6) is 2.42. The van der Waals surface area contributed by atoms with Gasteiger partial charge in [-0.2, -0.15) is 0 Å². The predicted octanol–water partition coefficient (Wildman–Crippen LogP) is 7.01. The van der Waals surface area contributed by atoms with Gasteiger partial charge in [-0.25, -0.2) is 10.9 Å². The largest absolute Gasteiger partial charge is 0.287 e. The number of amides is 1. The summed E-state index contributed by atoms with van der Waals surface area (Å²) in [6.07, 6.45) is 19.4. The zero-order valence-electron chi connectivity index (χ0n) is 21.6. The molecule has 1 saturated heterocycles. The number of hydrogen-bond donors (Lipinski definition) is 2. The van der Waals surface area contributed by atoms with E-state index in [-0.39, 0.29) is 11.3 Å². The van der Waals surface area contributed by atoms with Crippen molar-refractivity contribution in [3.63, 3.8) is 0 Å². The molecule has 5 rings (SSSR count). The van der Waals surface area contributed by atoms with Crippen LogP contribution in [0.5, 0.6) is 0 Å². The Labute approximate surface area is 257 Å². The van der Waals surface area contributed by atoms with Crippen molar-refractivity contribution in [1.29, 1.82) is 0 Å². The molecule has 0 aromatic carbocycles. The molecule has 5 atom stereocenters. The zero-order valence-corrected chi connectivity index (χ0v) is 28.0. The highest BCUT2D eigenvalue weighted by atomic mass is 127. The number of fused-ring (bicyclic) bond motifs is 1. The molecule has 4 unspecified atom stereocenters. The van der Waals surface area contributed by atoms with Crippen LogP contribution in [0.15, 0.2) is 46.8 Å². The highest BCUT2D eigenvalue weighted by molar-refractivity contribution is 14.3. The summed E-state index contributed by atoms with van der Waals surface area (Å²) in [4.78, 5) is 18.4. The van der Waals surface area contributed by atoms with E-state index in [2.05, 4.69) is 129 Å². The molecule has 0 spiro atoms. The first-order valence-corrected chi connectivity index (χ1v) is 16.8. The minimum atomic E-state index is -0.0872. The third kappa shape index (κ3) is 5.69. The number of allylic oxidation sites excluding steroid dienone is 4. The van der Waals surface area contributed by atoms with Crippen LogP contribution < -0.4 is 10.9 Å². The number of halogens is 3. The third-order valence-corrected chi connectivity index (χ3v) is 10.7. The minimum Gasteiger partial charge on any atom is -0.287 e. The maximum atomic E-state index is 13.9. The van der Waals surface area contributed by atoms with Gasteiger partial charge in [-0.15, -0.1) is 0 Å². The number of carbonyl (C=O) groups excluding carboxylic acids is 1. The van der Waals surface area contributed by atoms with Crippen LogP contribution in [0, 0.1) is 29.6 Å². The average molecular weight is 828 g/mol. The second-order valence-electron chi connectivity index (χ2n) is 11.5. The second kappa shape index (κ2) is 11.5. The molecule has 1 saturated carbocycles. The number of hydrogen-bond acceptors (Lipinski definition) is 4. The lowest BCUT2D eigenvalue weighted by molar-refractivity contribution is -0.129. The van der Waals surface area contributed by atoms with Crippen LogP contribution in [0.3, 0.4) is 0 Å². The molecule has 0 aromatic rings. The lowest BCUT2D eigenvalue weighted by Crippen LogP contribution is -2.47. The van der Waals surface area contributed by atoms with Crippen molar-refractivity contribution in [2.24, 2.45) is 29.6 Å². The first-order valence-electron chi connectivity index (χ1n) is 13.6. The van der Waals surface area contributed by atoms with E-state index in [1.807, 2.05) is 4.90 Å². The fraction of sp³-hybridized carbons (Fsp3) is 0.679. The molecule has 5 aliphatic rings. The topological polar surface area (TPSA) is 47.6 Å². The molecule has 36 heavy (non-hydrogen) atoms. The number of carbonyl (C=O) groups is 1. The molecule has 0 aromatic heterocycles. The quantitative estimate of drug-likeness (QED) is 0.157. The molecule has 2 aliphatic carbocycles. The van der Waals surface area contributed by atoms with Crippen molar-refractivity contribution in [3.8, 4) is 0 Å². The average Bonchev–Trinajstić information content (AvgIpc) is 3.38. The SMILES string of the molecule is CCC(C)CC1=CN2C(=O)C(C3C=C([C@@H](C4CCC4)C4NNCN4C)CCC3)C=C2C(C(I)(I)I)=C1. The Morgan fingerprint density at radius 3 is 2.56 bits per heavy atom. The van der Waals surface area contributed by atoms with Crippen molar-refractivity contribution in [2.45, 2.75) is 70.8 Å². The second-order valence-corrected chi connectivity index (χ2v) is 22.5. The van der Waals surface area contributed by atoms with E-state index >= 15 is 0 Å². The number of alkyl halides is 3. The van der Waals surface area contributed by atoms with E-state index in [4.69, 9.17) is 0 Å². The molecule has 3 aliphatic heterocycles.